The molecule has 162 valence electrons. The first-order valence-electron chi connectivity index (χ1n) is 10.2. The fourth-order valence-corrected chi connectivity index (χ4v) is 4.41. The molecule has 1 saturated heterocycles. The van der Waals surface area contributed by atoms with Crippen molar-refractivity contribution in [3.63, 3.8) is 0 Å². The van der Waals surface area contributed by atoms with E-state index in [-0.39, 0.29) is 17.3 Å². The van der Waals surface area contributed by atoms with Gasteiger partial charge in [0.05, 0.1) is 29.6 Å². The van der Waals surface area contributed by atoms with Crippen molar-refractivity contribution < 1.29 is 17.6 Å². The number of amides is 1. The zero-order valence-electron chi connectivity index (χ0n) is 17.0. The van der Waals surface area contributed by atoms with Crippen LogP contribution in [0.3, 0.4) is 0 Å². The Morgan fingerprint density at radius 1 is 1.03 bits per heavy atom. The van der Waals surface area contributed by atoms with Gasteiger partial charge in [-0.3, -0.25) is 4.79 Å². The smallest absolute Gasteiger partial charge is 0.255 e. The van der Waals surface area contributed by atoms with Crippen LogP contribution in [0.15, 0.2) is 70.3 Å². The van der Waals surface area contributed by atoms with E-state index in [2.05, 4.69) is 19.9 Å². The van der Waals surface area contributed by atoms with Gasteiger partial charge in [0.15, 0.2) is 0 Å². The Labute approximate surface area is 181 Å². The van der Waals surface area contributed by atoms with Crippen LogP contribution in [-0.4, -0.2) is 32.4 Å². The van der Waals surface area contributed by atoms with E-state index in [1.807, 2.05) is 12.1 Å². The molecule has 1 fully saturated rings. The molecule has 9 heteroatoms. The minimum absolute atomic E-state index is 0.0536. The van der Waals surface area contributed by atoms with Crippen molar-refractivity contribution in [1.29, 1.82) is 0 Å². The molecule has 8 nitrogen and oxygen atoms in total. The summed E-state index contributed by atoms with van der Waals surface area (Å²) in [6.07, 6.45) is 6.71. The number of rotatable bonds is 7. The first-order valence-corrected chi connectivity index (χ1v) is 11.6. The number of sulfonamides is 1. The first kappa shape index (κ1) is 21.1. The molecule has 0 saturated carbocycles. The Morgan fingerprint density at radius 2 is 1.81 bits per heavy atom. The minimum Gasteiger partial charge on any atom is -0.468 e. The normalized spacial score (nSPS) is 14.4. The lowest BCUT2D eigenvalue weighted by molar-refractivity contribution is 0.102. The van der Waals surface area contributed by atoms with Crippen LogP contribution in [0, 0.1) is 0 Å². The lowest BCUT2D eigenvalue weighted by atomic mass is 10.1. The molecule has 0 bridgehead atoms. The molecule has 1 aliphatic rings. The molecule has 1 amide bonds. The number of nitrogens with zero attached hydrogens (tertiary/aromatic N) is 2. The number of piperidine rings is 1. The summed E-state index contributed by atoms with van der Waals surface area (Å²) < 4.78 is 32.4. The van der Waals surface area contributed by atoms with E-state index in [1.165, 1.54) is 49.8 Å². The molecule has 0 atom stereocenters. The number of pyridine rings is 1. The number of benzene rings is 1. The molecule has 4 rings (SSSR count). The van der Waals surface area contributed by atoms with E-state index in [4.69, 9.17) is 4.42 Å². The second kappa shape index (κ2) is 9.32. The average molecular weight is 441 g/mol. The van der Waals surface area contributed by atoms with Crippen molar-refractivity contribution in [1.82, 2.24) is 9.71 Å². The zero-order valence-corrected chi connectivity index (χ0v) is 17.8. The summed E-state index contributed by atoms with van der Waals surface area (Å²) in [5.74, 6) is 1.09. The van der Waals surface area contributed by atoms with Gasteiger partial charge in [-0.05, 0) is 67.8 Å². The van der Waals surface area contributed by atoms with Gasteiger partial charge in [-0.25, -0.2) is 18.1 Å². The van der Waals surface area contributed by atoms with Gasteiger partial charge < -0.3 is 14.6 Å². The van der Waals surface area contributed by atoms with Crippen molar-refractivity contribution in [3.8, 4) is 0 Å². The van der Waals surface area contributed by atoms with Crippen LogP contribution in [0.4, 0.5) is 11.5 Å². The minimum atomic E-state index is -3.71. The topological polar surface area (TPSA) is 105 Å². The van der Waals surface area contributed by atoms with Gasteiger partial charge in [0.1, 0.15) is 11.6 Å². The van der Waals surface area contributed by atoms with Gasteiger partial charge in [0.2, 0.25) is 10.0 Å². The van der Waals surface area contributed by atoms with E-state index < -0.39 is 10.0 Å². The van der Waals surface area contributed by atoms with Gasteiger partial charge in [-0.15, -0.1) is 0 Å². The number of furan rings is 1. The third-order valence-electron chi connectivity index (χ3n) is 5.13. The monoisotopic (exact) mass is 440 g/mol. The third kappa shape index (κ3) is 5.31. The predicted octanol–water partition coefficient (Wildman–Crippen LogP) is 3.40. The van der Waals surface area contributed by atoms with Crippen LogP contribution in [0.2, 0.25) is 0 Å². The Kier molecular flexibility index (Phi) is 6.34. The highest BCUT2D eigenvalue weighted by molar-refractivity contribution is 7.89. The van der Waals surface area contributed by atoms with Crippen molar-refractivity contribution in [3.05, 3.63) is 72.3 Å². The van der Waals surface area contributed by atoms with Crippen LogP contribution >= 0.6 is 0 Å². The van der Waals surface area contributed by atoms with Gasteiger partial charge in [0.25, 0.3) is 5.91 Å². The largest absolute Gasteiger partial charge is 0.468 e. The second-order valence-corrected chi connectivity index (χ2v) is 9.10. The quantitative estimate of drug-likeness (QED) is 0.584. The number of carbonyl (C=O) groups excluding carboxylic acids is 1. The van der Waals surface area contributed by atoms with E-state index in [0.29, 0.717) is 17.0 Å². The van der Waals surface area contributed by atoms with E-state index in [1.54, 1.807) is 18.3 Å². The summed E-state index contributed by atoms with van der Waals surface area (Å²) in [6, 6.07) is 12.9. The number of hydrogen-bond donors (Lipinski definition) is 2. The SMILES string of the molecule is O=C(Nc1ccc(N2CCCCC2)nc1)c1ccc(S(=O)(=O)NCc2ccco2)cc1. The van der Waals surface area contributed by atoms with Gasteiger partial charge >= 0.3 is 0 Å². The molecule has 1 aromatic carbocycles. The molecule has 3 heterocycles. The molecule has 3 aromatic rings. The molecular weight excluding hydrogens is 416 g/mol. The maximum atomic E-state index is 12.5. The van der Waals surface area contributed by atoms with Gasteiger partial charge in [0, 0.05) is 18.7 Å². The highest BCUT2D eigenvalue weighted by atomic mass is 32.2. The molecule has 1 aliphatic heterocycles. The van der Waals surface area contributed by atoms with Crippen LogP contribution in [0.25, 0.3) is 0 Å². The molecule has 2 N–H and O–H groups in total. The Balaban J connectivity index is 1.36. The van der Waals surface area contributed by atoms with Crippen molar-refractivity contribution in [2.75, 3.05) is 23.3 Å². The Hall–Kier alpha value is -3.17. The molecule has 0 unspecified atom stereocenters. The standard InChI is InChI=1S/C22H24N4O4S/c27-22(25-18-8-11-21(23-15-18)26-12-2-1-3-13-26)17-6-9-20(10-7-17)31(28,29)24-16-19-5-4-14-30-19/h4-11,14-15,24H,1-3,12-13,16H2,(H,25,27). The van der Waals surface area contributed by atoms with Crippen LogP contribution in [0.5, 0.6) is 0 Å². The average Bonchev–Trinajstić information content (AvgIpc) is 3.33. The molecule has 0 radical (unpaired) electrons. The van der Waals surface area contributed by atoms with Gasteiger partial charge in [-0.1, -0.05) is 0 Å². The Bertz CT molecular complexity index is 1110. The first-order chi connectivity index (χ1) is 15.0. The predicted molar refractivity (Wildman–Crippen MR) is 117 cm³/mol. The number of anilines is 2. The van der Waals surface area contributed by atoms with Crippen LogP contribution in [-0.2, 0) is 16.6 Å². The Morgan fingerprint density at radius 3 is 2.45 bits per heavy atom. The summed E-state index contributed by atoms with van der Waals surface area (Å²) in [7, 11) is -3.71. The summed E-state index contributed by atoms with van der Waals surface area (Å²) in [6.45, 7) is 2.06. The highest BCUT2D eigenvalue weighted by Gasteiger charge is 2.16. The lowest BCUT2D eigenvalue weighted by Gasteiger charge is -2.27. The summed E-state index contributed by atoms with van der Waals surface area (Å²) in [5.41, 5.74) is 0.938. The fraction of sp³-hybridized carbons (Fsp3) is 0.273. The highest BCUT2D eigenvalue weighted by Crippen LogP contribution is 2.19. The van der Waals surface area contributed by atoms with Crippen LogP contribution < -0.4 is 14.9 Å². The number of aromatic nitrogens is 1. The molecule has 0 aliphatic carbocycles. The zero-order chi connectivity index (χ0) is 21.7. The summed E-state index contributed by atoms with van der Waals surface area (Å²) in [4.78, 5) is 19.3. The molecule has 31 heavy (non-hydrogen) atoms. The second-order valence-electron chi connectivity index (χ2n) is 7.34. The molecule has 2 aromatic heterocycles. The van der Waals surface area contributed by atoms with Crippen molar-refractivity contribution in [2.45, 2.75) is 30.7 Å². The number of hydrogen-bond acceptors (Lipinski definition) is 6. The van der Waals surface area contributed by atoms with Crippen molar-refractivity contribution in [2.24, 2.45) is 0 Å². The number of carbonyl (C=O) groups is 1. The summed E-state index contributed by atoms with van der Waals surface area (Å²) >= 11 is 0. The maximum absolute atomic E-state index is 12.5. The lowest BCUT2D eigenvalue weighted by Crippen LogP contribution is -2.30. The van der Waals surface area contributed by atoms with Crippen molar-refractivity contribution >= 4 is 27.4 Å². The van der Waals surface area contributed by atoms with E-state index in [9.17, 15) is 13.2 Å². The van der Waals surface area contributed by atoms with Gasteiger partial charge in [-0.2, -0.15) is 0 Å². The fourth-order valence-electron chi connectivity index (χ4n) is 3.42. The van der Waals surface area contributed by atoms with E-state index in [0.717, 1.165) is 18.9 Å². The van der Waals surface area contributed by atoms with Crippen LogP contribution in [0.1, 0.15) is 35.4 Å². The summed E-state index contributed by atoms with van der Waals surface area (Å²) in [5, 5.41) is 2.79. The third-order valence-corrected chi connectivity index (χ3v) is 6.55. The number of nitrogens with one attached hydrogen (secondary N) is 2. The maximum Gasteiger partial charge on any atom is 0.255 e. The van der Waals surface area contributed by atoms with E-state index >= 15 is 0 Å². The molecule has 0 spiro atoms. The molecular formula is C22H24N4O4S.